The van der Waals surface area contributed by atoms with Crippen LogP contribution in [0.5, 0.6) is 0 Å². The zero-order valence-corrected chi connectivity index (χ0v) is 11.0. The van der Waals surface area contributed by atoms with E-state index in [2.05, 4.69) is 44.3 Å². The molecule has 0 atom stereocenters. The Morgan fingerprint density at radius 3 is 2.56 bits per heavy atom. The van der Waals surface area contributed by atoms with Gasteiger partial charge < -0.3 is 5.32 Å². The smallest absolute Gasteiger partial charge is 0.0521 e. The van der Waals surface area contributed by atoms with Crippen molar-refractivity contribution in [1.29, 1.82) is 0 Å². The fourth-order valence-electron chi connectivity index (χ4n) is 1.63. The van der Waals surface area contributed by atoms with Crippen molar-refractivity contribution in [2.45, 2.75) is 59.0 Å². The van der Waals surface area contributed by atoms with Crippen molar-refractivity contribution >= 4 is 0 Å². The second kappa shape index (κ2) is 6.69. The Kier molecular flexibility index (Phi) is 5.53. The second-order valence-electron chi connectivity index (χ2n) is 4.99. The lowest BCUT2D eigenvalue weighted by Gasteiger charge is -2.06. The highest BCUT2D eigenvalue weighted by atomic mass is 15.3. The summed E-state index contributed by atoms with van der Waals surface area (Å²) in [5.41, 5.74) is 1.36. The molecule has 0 fully saturated rings. The standard InChI is InChI=1S/C13H25N3/c1-11(2)14-8-6-5-7-13-9-15-16(10-13)12(3)4/h9-12,14H,5-8H2,1-4H3. The van der Waals surface area contributed by atoms with Gasteiger partial charge in [0.2, 0.25) is 0 Å². The lowest BCUT2D eigenvalue weighted by molar-refractivity contribution is 0.531. The molecule has 3 nitrogen and oxygen atoms in total. The summed E-state index contributed by atoms with van der Waals surface area (Å²) in [6, 6.07) is 1.07. The molecule has 1 heterocycles. The van der Waals surface area contributed by atoms with Gasteiger partial charge in [0.1, 0.15) is 0 Å². The Morgan fingerprint density at radius 2 is 2.00 bits per heavy atom. The largest absolute Gasteiger partial charge is 0.315 e. The van der Waals surface area contributed by atoms with E-state index in [1.165, 1.54) is 18.4 Å². The Hall–Kier alpha value is -0.830. The zero-order chi connectivity index (χ0) is 12.0. The Bertz CT molecular complexity index is 289. The van der Waals surface area contributed by atoms with E-state index >= 15 is 0 Å². The van der Waals surface area contributed by atoms with Crippen molar-refractivity contribution in [3.8, 4) is 0 Å². The molecule has 1 aromatic heterocycles. The third kappa shape index (κ3) is 4.79. The first-order valence-electron chi connectivity index (χ1n) is 6.36. The molecule has 0 aliphatic carbocycles. The fraction of sp³-hybridized carbons (Fsp3) is 0.769. The summed E-state index contributed by atoms with van der Waals surface area (Å²) in [4.78, 5) is 0. The van der Waals surface area contributed by atoms with Crippen LogP contribution in [0.15, 0.2) is 12.4 Å². The molecule has 0 aliphatic rings. The first-order valence-corrected chi connectivity index (χ1v) is 6.36. The molecule has 0 amide bonds. The van der Waals surface area contributed by atoms with Crippen LogP contribution >= 0.6 is 0 Å². The molecular formula is C13H25N3. The van der Waals surface area contributed by atoms with Gasteiger partial charge in [0, 0.05) is 18.3 Å². The van der Waals surface area contributed by atoms with Gasteiger partial charge in [-0.25, -0.2) is 0 Å². The van der Waals surface area contributed by atoms with Crippen molar-refractivity contribution in [3.05, 3.63) is 18.0 Å². The summed E-state index contributed by atoms with van der Waals surface area (Å²) in [6.45, 7) is 9.81. The lowest BCUT2D eigenvalue weighted by atomic mass is 10.1. The SMILES string of the molecule is CC(C)NCCCCc1cnn(C(C)C)c1. The number of aromatic nitrogens is 2. The normalized spacial score (nSPS) is 11.6. The van der Waals surface area contributed by atoms with Gasteiger partial charge in [0.15, 0.2) is 0 Å². The van der Waals surface area contributed by atoms with Crippen LogP contribution in [0.2, 0.25) is 0 Å². The molecule has 1 rings (SSSR count). The van der Waals surface area contributed by atoms with E-state index in [1.54, 1.807) is 0 Å². The average molecular weight is 223 g/mol. The Morgan fingerprint density at radius 1 is 1.25 bits per heavy atom. The Balaban J connectivity index is 2.17. The monoisotopic (exact) mass is 223 g/mol. The molecule has 0 saturated heterocycles. The van der Waals surface area contributed by atoms with Gasteiger partial charge in [0.25, 0.3) is 0 Å². The fourth-order valence-corrected chi connectivity index (χ4v) is 1.63. The molecule has 0 bridgehead atoms. The molecule has 1 aromatic rings. The molecule has 3 heteroatoms. The van der Waals surface area contributed by atoms with Gasteiger partial charge in [-0.2, -0.15) is 5.10 Å². The molecule has 0 radical (unpaired) electrons. The van der Waals surface area contributed by atoms with Crippen LogP contribution in [-0.2, 0) is 6.42 Å². The van der Waals surface area contributed by atoms with Crippen LogP contribution in [0.25, 0.3) is 0 Å². The molecule has 92 valence electrons. The molecule has 0 spiro atoms. The minimum absolute atomic E-state index is 0.469. The molecule has 16 heavy (non-hydrogen) atoms. The molecule has 0 aliphatic heterocycles. The maximum Gasteiger partial charge on any atom is 0.0521 e. The highest BCUT2D eigenvalue weighted by molar-refractivity contribution is 5.04. The van der Waals surface area contributed by atoms with Crippen molar-refractivity contribution in [3.63, 3.8) is 0 Å². The van der Waals surface area contributed by atoms with Crippen LogP contribution < -0.4 is 5.32 Å². The first-order chi connectivity index (χ1) is 7.59. The quantitative estimate of drug-likeness (QED) is 0.720. The zero-order valence-electron chi connectivity index (χ0n) is 11.0. The summed E-state index contributed by atoms with van der Waals surface area (Å²) in [6.07, 6.45) is 7.79. The van der Waals surface area contributed by atoms with Crippen LogP contribution in [0.1, 0.15) is 52.1 Å². The van der Waals surface area contributed by atoms with E-state index < -0.39 is 0 Å². The van der Waals surface area contributed by atoms with Gasteiger partial charge in [-0.05, 0) is 45.2 Å². The highest BCUT2D eigenvalue weighted by Crippen LogP contribution is 2.08. The molecule has 0 aromatic carbocycles. The topological polar surface area (TPSA) is 29.9 Å². The van der Waals surface area contributed by atoms with E-state index in [9.17, 15) is 0 Å². The lowest BCUT2D eigenvalue weighted by Crippen LogP contribution is -2.23. The van der Waals surface area contributed by atoms with E-state index in [1.807, 2.05) is 10.9 Å². The number of nitrogens with one attached hydrogen (secondary N) is 1. The minimum Gasteiger partial charge on any atom is -0.315 e. The summed E-state index contributed by atoms with van der Waals surface area (Å²) >= 11 is 0. The van der Waals surface area contributed by atoms with Crippen LogP contribution in [0.3, 0.4) is 0 Å². The van der Waals surface area contributed by atoms with E-state index in [0.29, 0.717) is 12.1 Å². The predicted octanol–water partition coefficient (Wildman–Crippen LogP) is 2.78. The van der Waals surface area contributed by atoms with Crippen LogP contribution in [-0.4, -0.2) is 22.4 Å². The molecule has 1 N–H and O–H groups in total. The van der Waals surface area contributed by atoms with Crippen LogP contribution in [0, 0.1) is 0 Å². The number of hydrogen-bond donors (Lipinski definition) is 1. The molecule has 0 unspecified atom stereocenters. The van der Waals surface area contributed by atoms with E-state index in [-0.39, 0.29) is 0 Å². The number of rotatable bonds is 7. The second-order valence-corrected chi connectivity index (χ2v) is 4.99. The summed E-state index contributed by atoms with van der Waals surface area (Å²) in [5.74, 6) is 0. The van der Waals surface area contributed by atoms with E-state index in [4.69, 9.17) is 0 Å². The first kappa shape index (κ1) is 13.2. The average Bonchev–Trinajstić information content (AvgIpc) is 2.65. The Labute approximate surface area is 99.2 Å². The van der Waals surface area contributed by atoms with Crippen molar-refractivity contribution < 1.29 is 0 Å². The third-order valence-corrected chi connectivity index (χ3v) is 2.63. The van der Waals surface area contributed by atoms with Gasteiger partial charge in [-0.1, -0.05) is 13.8 Å². The third-order valence-electron chi connectivity index (χ3n) is 2.63. The van der Waals surface area contributed by atoms with E-state index in [0.717, 1.165) is 13.0 Å². The highest BCUT2D eigenvalue weighted by Gasteiger charge is 2.01. The van der Waals surface area contributed by atoms with Crippen molar-refractivity contribution in [2.24, 2.45) is 0 Å². The summed E-state index contributed by atoms with van der Waals surface area (Å²) < 4.78 is 2.03. The predicted molar refractivity (Wildman–Crippen MR) is 68.7 cm³/mol. The minimum atomic E-state index is 0.469. The maximum atomic E-state index is 4.34. The number of aryl methyl sites for hydroxylation is 1. The summed E-state index contributed by atoms with van der Waals surface area (Å²) in [5, 5.41) is 7.78. The van der Waals surface area contributed by atoms with Gasteiger partial charge in [0.05, 0.1) is 6.20 Å². The number of unbranched alkanes of at least 4 members (excludes halogenated alkanes) is 1. The summed E-state index contributed by atoms with van der Waals surface area (Å²) in [7, 11) is 0. The van der Waals surface area contributed by atoms with Crippen molar-refractivity contribution in [1.82, 2.24) is 15.1 Å². The number of hydrogen-bond acceptors (Lipinski definition) is 2. The maximum absolute atomic E-state index is 4.34. The van der Waals surface area contributed by atoms with Gasteiger partial charge in [-0.3, -0.25) is 4.68 Å². The van der Waals surface area contributed by atoms with Crippen molar-refractivity contribution in [2.75, 3.05) is 6.54 Å². The number of nitrogens with zero attached hydrogens (tertiary/aromatic N) is 2. The van der Waals surface area contributed by atoms with Gasteiger partial charge >= 0.3 is 0 Å². The van der Waals surface area contributed by atoms with Gasteiger partial charge in [-0.15, -0.1) is 0 Å². The molecule has 0 saturated carbocycles. The van der Waals surface area contributed by atoms with Crippen LogP contribution in [0.4, 0.5) is 0 Å². The molecular weight excluding hydrogens is 198 g/mol.